The largest absolute Gasteiger partial charge is 0.493 e. The predicted molar refractivity (Wildman–Crippen MR) is 143 cm³/mol. The molecule has 1 aliphatic rings. The summed E-state index contributed by atoms with van der Waals surface area (Å²) in [5, 5.41) is 5.73. The Morgan fingerprint density at radius 1 is 1.06 bits per heavy atom. The van der Waals surface area contributed by atoms with E-state index in [4.69, 9.17) is 17.0 Å². The van der Waals surface area contributed by atoms with Crippen molar-refractivity contribution in [3.05, 3.63) is 54.1 Å². The van der Waals surface area contributed by atoms with E-state index in [9.17, 15) is 13.2 Å². The van der Waals surface area contributed by atoms with Crippen LogP contribution < -0.4 is 15.4 Å². The number of anilines is 1. The zero-order valence-electron chi connectivity index (χ0n) is 20.5. The molecule has 1 fully saturated rings. The lowest BCUT2D eigenvalue weighted by Gasteiger charge is -2.30. The Bertz CT molecular complexity index is 1100. The van der Waals surface area contributed by atoms with Gasteiger partial charge in [-0.3, -0.25) is 10.1 Å². The minimum atomic E-state index is -3.57. The minimum Gasteiger partial charge on any atom is -0.493 e. The van der Waals surface area contributed by atoms with Crippen molar-refractivity contribution in [1.82, 2.24) is 9.62 Å². The van der Waals surface area contributed by atoms with Crippen LogP contribution in [-0.4, -0.2) is 43.4 Å². The quantitative estimate of drug-likeness (QED) is 0.327. The molecular weight excluding hydrogens is 482 g/mol. The lowest BCUT2D eigenvalue weighted by atomic mass is 9.96. The Morgan fingerprint density at radius 3 is 2.43 bits per heavy atom. The molecule has 0 saturated heterocycles. The normalized spacial score (nSPS) is 14.5. The molecule has 3 rings (SSSR count). The van der Waals surface area contributed by atoms with E-state index in [1.165, 1.54) is 10.7 Å². The molecular formula is C26H35N3O4S2. The number of hydrogen-bond acceptors (Lipinski definition) is 5. The fourth-order valence-electron chi connectivity index (χ4n) is 4.16. The Labute approximate surface area is 214 Å². The zero-order valence-corrected chi connectivity index (χ0v) is 22.1. The van der Waals surface area contributed by atoms with Crippen LogP contribution in [0, 0.1) is 0 Å². The highest BCUT2D eigenvalue weighted by Crippen LogP contribution is 2.27. The van der Waals surface area contributed by atoms with Crippen LogP contribution in [0.2, 0.25) is 0 Å². The molecule has 0 bridgehead atoms. The molecule has 2 aromatic rings. The molecule has 0 radical (unpaired) electrons. The molecule has 0 heterocycles. The number of benzene rings is 2. The lowest BCUT2D eigenvalue weighted by Crippen LogP contribution is -2.38. The standard InChI is InChI=1S/C26H35N3O4S2/c1-3-4-10-19-33-24-14-9-8-13-23(24)25(30)28-26(34)27-20-15-17-22(18-16-20)35(31,32)29(2)21-11-6-5-7-12-21/h8-9,13-18,21H,3-7,10-12,19H2,1-2H3,(H2,27,28,30,34). The number of nitrogens with zero attached hydrogens (tertiary/aromatic N) is 1. The van der Waals surface area contributed by atoms with Crippen molar-refractivity contribution < 1.29 is 17.9 Å². The van der Waals surface area contributed by atoms with Crippen molar-refractivity contribution >= 4 is 38.9 Å². The Balaban J connectivity index is 1.58. The van der Waals surface area contributed by atoms with E-state index >= 15 is 0 Å². The Kier molecular flexibility index (Phi) is 10.1. The fraction of sp³-hybridized carbons (Fsp3) is 0.462. The SMILES string of the molecule is CCCCCOc1ccccc1C(=O)NC(=S)Nc1ccc(S(=O)(=O)N(C)C2CCCCC2)cc1. The summed E-state index contributed by atoms with van der Waals surface area (Å²) in [4.78, 5) is 13.0. The molecule has 190 valence electrons. The summed E-state index contributed by atoms with van der Waals surface area (Å²) in [5.74, 6) is 0.141. The third-order valence-corrected chi connectivity index (χ3v) is 8.37. The molecule has 1 aliphatic carbocycles. The van der Waals surface area contributed by atoms with Crippen LogP contribution in [0.25, 0.3) is 0 Å². The topological polar surface area (TPSA) is 87.7 Å². The molecule has 0 unspecified atom stereocenters. The zero-order chi connectivity index (χ0) is 25.3. The molecule has 35 heavy (non-hydrogen) atoms. The second kappa shape index (κ2) is 13.0. The number of carbonyl (C=O) groups is 1. The molecule has 9 heteroatoms. The Morgan fingerprint density at radius 2 is 1.74 bits per heavy atom. The first kappa shape index (κ1) is 27.1. The molecule has 0 aliphatic heterocycles. The van der Waals surface area contributed by atoms with Gasteiger partial charge in [0.2, 0.25) is 10.0 Å². The van der Waals surface area contributed by atoms with Crippen molar-refractivity contribution in [3.8, 4) is 5.75 Å². The number of ether oxygens (including phenoxy) is 1. The number of amides is 1. The predicted octanol–water partition coefficient (Wildman–Crippen LogP) is 5.34. The maximum atomic E-state index is 13.0. The summed E-state index contributed by atoms with van der Waals surface area (Å²) in [6.45, 7) is 2.67. The van der Waals surface area contributed by atoms with Crippen molar-refractivity contribution in [2.24, 2.45) is 0 Å². The number of rotatable bonds is 10. The summed E-state index contributed by atoms with van der Waals surface area (Å²) < 4.78 is 33.3. The van der Waals surface area contributed by atoms with Gasteiger partial charge in [0.15, 0.2) is 5.11 Å². The smallest absolute Gasteiger partial charge is 0.261 e. The van der Waals surface area contributed by atoms with Gasteiger partial charge in [0.1, 0.15) is 5.75 Å². The lowest BCUT2D eigenvalue weighted by molar-refractivity contribution is 0.0973. The van der Waals surface area contributed by atoms with Crippen molar-refractivity contribution in [2.75, 3.05) is 19.0 Å². The minimum absolute atomic E-state index is 0.0489. The first-order valence-corrected chi connectivity index (χ1v) is 14.1. The number of sulfonamides is 1. The summed E-state index contributed by atoms with van der Waals surface area (Å²) in [6.07, 6.45) is 8.17. The first-order chi connectivity index (χ1) is 16.8. The second-order valence-corrected chi connectivity index (χ2v) is 11.2. The van der Waals surface area contributed by atoms with Crippen LogP contribution in [-0.2, 0) is 10.0 Å². The van der Waals surface area contributed by atoms with Crippen molar-refractivity contribution in [1.29, 1.82) is 0 Å². The molecule has 2 N–H and O–H groups in total. The highest BCUT2D eigenvalue weighted by atomic mass is 32.2. The van der Waals surface area contributed by atoms with Crippen LogP contribution in [0.15, 0.2) is 53.4 Å². The molecule has 1 amide bonds. The van der Waals surface area contributed by atoms with E-state index in [0.717, 1.165) is 44.9 Å². The van der Waals surface area contributed by atoms with Gasteiger partial charge in [0.25, 0.3) is 5.91 Å². The van der Waals surface area contributed by atoms with E-state index in [0.29, 0.717) is 23.6 Å². The molecule has 7 nitrogen and oxygen atoms in total. The van der Waals surface area contributed by atoms with Crippen LogP contribution in [0.1, 0.15) is 68.6 Å². The van der Waals surface area contributed by atoms with E-state index in [-0.39, 0.29) is 22.0 Å². The van der Waals surface area contributed by atoms with Crippen LogP contribution in [0.5, 0.6) is 5.75 Å². The second-order valence-electron chi connectivity index (χ2n) is 8.80. The summed E-state index contributed by atoms with van der Waals surface area (Å²) >= 11 is 5.30. The van der Waals surface area contributed by atoms with Crippen LogP contribution in [0.3, 0.4) is 0 Å². The van der Waals surface area contributed by atoms with Crippen LogP contribution in [0.4, 0.5) is 5.69 Å². The van der Waals surface area contributed by atoms with Gasteiger partial charge < -0.3 is 10.1 Å². The van der Waals surface area contributed by atoms with Gasteiger partial charge in [0.05, 0.1) is 17.1 Å². The van der Waals surface area contributed by atoms with Gasteiger partial charge in [-0.25, -0.2) is 8.42 Å². The number of nitrogens with one attached hydrogen (secondary N) is 2. The number of hydrogen-bond donors (Lipinski definition) is 2. The maximum Gasteiger partial charge on any atom is 0.261 e. The van der Waals surface area contributed by atoms with E-state index < -0.39 is 10.0 Å². The van der Waals surface area contributed by atoms with Gasteiger partial charge in [-0.1, -0.05) is 51.2 Å². The maximum absolute atomic E-state index is 13.0. The van der Waals surface area contributed by atoms with Gasteiger partial charge >= 0.3 is 0 Å². The third kappa shape index (κ3) is 7.49. The van der Waals surface area contributed by atoms with Gasteiger partial charge in [-0.15, -0.1) is 0 Å². The molecule has 2 aromatic carbocycles. The van der Waals surface area contributed by atoms with Gasteiger partial charge in [-0.05, 0) is 67.9 Å². The third-order valence-electron chi connectivity index (χ3n) is 6.24. The van der Waals surface area contributed by atoms with E-state index in [2.05, 4.69) is 17.6 Å². The summed E-state index contributed by atoms with van der Waals surface area (Å²) in [7, 11) is -1.91. The molecule has 0 aromatic heterocycles. The van der Waals surface area contributed by atoms with Crippen molar-refractivity contribution in [3.63, 3.8) is 0 Å². The number of carbonyl (C=O) groups excluding carboxylic acids is 1. The summed E-state index contributed by atoms with van der Waals surface area (Å²) in [5.41, 5.74) is 0.985. The van der Waals surface area contributed by atoms with E-state index in [1.54, 1.807) is 49.5 Å². The Hall–Kier alpha value is -2.49. The fourth-order valence-corrected chi connectivity index (χ4v) is 5.79. The monoisotopic (exact) mass is 517 g/mol. The number of unbranched alkanes of at least 4 members (excludes halogenated alkanes) is 2. The number of para-hydroxylation sites is 1. The first-order valence-electron chi connectivity index (χ1n) is 12.2. The number of thiocarbonyl (C=S) groups is 1. The molecule has 1 saturated carbocycles. The molecule has 0 spiro atoms. The van der Waals surface area contributed by atoms with Gasteiger partial charge in [-0.2, -0.15) is 4.31 Å². The van der Waals surface area contributed by atoms with E-state index in [1.807, 2.05) is 6.07 Å². The average Bonchev–Trinajstić information content (AvgIpc) is 2.87. The van der Waals surface area contributed by atoms with Gasteiger partial charge in [0, 0.05) is 18.8 Å². The highest BCUT2D eigenvalue weighted by Gasteiger charge is 2.29. The highest BCUT2D eigenvalue weighted by molar-refractivity contribution is 7.89. The van der Waals surface area contributed by atoms with Crippen molar-refractivity contribution in [2.45, 2.75) is 69.2 Å². The van der Waals surface area contributed by atoms with Crippen LogP contribution >= 0.6 is 12.2 Å². The summed E-state index contributed by atoms with van der Waals surface area (Å²) in [6, 6.07) is 13.5. The molecule has 0 atom stereocenters. The average molecular weight is 518 g/mol.